The highest BCUT2D eigenvalue weighted by Gasteiger charge is 2.28. The summed E-state index contributed by atoms with van der Waals surface area (Å²) in [4.78, 5) is 24.5. The van der Waals surface area contributed by atoms with Gasteiger partial charge in [-0.2, -0.15) is 11.8 Å². The zero-order chi connectivity index (χ0) is 19.6. The largest absolute Gasteiger partial charge is 0.481 e. The van der Waals surface area contributed by atoms with Crippen molar-refractivity contribution in [2.75, 3.05) is 18.1 Å². The van der Waals surface area contributed by atoms with Gasteiger partial charge in [-0.1, -0.05) is 42.0 Å². The van der Waals surface area contributed by atoms with E-state index in [1.54, 1.807) is 17.8 Å². The van der Waals surface area contributed by atoms with Crippen molar-refractivity contribution < 1.29 is 19.8 Å². The van der Waals surface area contributed by atoms with Gasteiger partial charge in [-0.3, -0.25) is 9.59 Å². The lowest BCUT2D eigenvalue weighted by atomic mass is 10.0. The molecule has 0 spiro atoms. The van der Waals surface area contributed by atoms with Gasteiger partial charge in [0.05, 0.1) is 12.1 Å². The maximum absolute atomic E-state index is 12.1. The number of aliphatic carboxylic acids is 1. The van der Waals surface area contributed by atoms with Crippen LogP contribution in [0.2, 0.25) is 0 Å². The van der Waals surface area contributed by atoms with E-state index in [9.17, 15) is 14.7 Å². The molecule has 1 fully saturated rings. The van der Waals surface area contributed by atoms with Crippen molar-refractivity contribution in [1.29, 1.82) is 0 Å². The molecule has 2 rings (SSSR count). The maximum atomic E-state index is 12.1. The second-order valence-electron chi connectivity index (χ2n) is 6.95. The molecule has 0 saturated carbocycles. The van der Waals surface area contributed by atoms with Gasteiger partial charge in [0, 0.05) is 31.6 Å². The molecule has 2 N–H and O–H groups in total. The minimum absolute atomic E-state index is 0.0456. The van der Waals surface area contributed by atoms with Crippen LogP contribution in [-0.4, -0.2) is 57.2 Å². The lowest BCUT2D eigenvalue weighted by Gasteiger charge is -2.22. The van der Waals surface area contributed by atoms with E-state index in [0.717, 1.165) is 23.5 Å². The minimum atomic E-state index is -0.764. The molecule has 0 unspecified atom stereocenters. The van der Waals surface area contributed by atoms with Gasteiger partial charge in [-0.05, 0) is 31.1 Å². The third-order valence-corrected chi connectivity index (χ3v) is 5.66. The smallest absolute Gasteiger partial charge is 0.303 e. The zero-order valence-electron chi connectivity index (χ0n) is 15.8. The Kier molecular flexibility index (Phi) is 8.88. The number of benzene rings is 1. The summed E-state index contributed by atoms with van der Waals surface area (Å²) < 4.78 is 0. The first-order chi connectivity index (χ1) is 13.0. The maximum Gasteiger partial charge on any atom is 0.303 e. The molecule has 0 bridgehead atoms. The van der Waals surface area contributed by atoms with Crippen molar-refractivity contribution in [2.45, 2.75) is 51.2 Å². The Morgan fingerprint density at radius 2 is 2.22 bits per heavy atom. The number of hydrogen-bond acceptors (Lipinski definition) is 4. The molecule has 0 radical (unpaired) electrons. The number of carboxylic acid groups (broad SMARTS) is 1. The summed E-state index contributed by atoms with van der Waals surface area (Å²) in [5.41, 5.74) is 2.28. The Morgan fingerprint density at radius 3 is 2.96 bits per heavy atom. The number of amides is 1. The van der Waals surface area contributed by atoms with Crippen LogP contribution >= 0.6 is 11.8 Å². The van der Waals surface area contributed by atoms with Crippen LogP contribution in [0.15, 0.2) is 36.4 Å². The molecule has 2 atom stereocenters. The van der Waals surface area contributed by atoms with Crippen LogP contribution < -0.4 is 0 Å². The van der Waals surface area contributed by atoms with Crippen molar-refractivity contribution in [1.82, 2.24) is 4.90 Å². The summed E-state index contributed by atoms with van der Waals surface area (Å²) in [5.74, 6) is 0.995. The minimum Gasteiger partial charge on any atom is -0.481 e. The molecule has 5 nitrogen and oxygen atoms in total. The molecule has 1 aromatic carbocycles. The van der Waals surface area contributed by atoms with Crippen LogP contribution in [-0.2, 0) is 16.0 Å². The number of aryl methyl sites for hydroxylation is 1. The lowest BCUT2D eigenvalue weighted by molar-refractivity contribution is -0.137. The van der Waals surface area contributed by atoms with Gasteiger partial charge in [-0.15, -0.1) is 0 Å². The molecule has 1 aliphatic rings. The van der Waals surface area contributed by atoms with Gasteiger partial charge in [0.2, 0.25) is 5.91 Å². The lowest BCUT2D eigenvalue weighted by Crippen LogP contribution is -2.34. The van der Waals surface area contributed by atoms with E-state index in [2.05, 4.69) is 6.07 Å². The second kappa shape index (κ2) is 11.1. The van der Waals surface area contributed by atoms with Crippen LogP contribution in [0.5, 0.6) is 0 Å². The van der Waals surface area contributed by atoms with Crippen molar-refractivity contribution in [3.8, 4) is 0 Å². The van der Waals surface area contributed by atoms with Gasteiger partial charge < -0.3 is 15.1 Å². The Labute approximate surface area is 165 Å². The topological polar surface area (TPSA) is 77.8 Å². The molecule has 27 heavy (non-hydrogen) atoms. The number of aliphatic hydroxyl groups excluding tert-OH is 1. The molecule has 1 aromatic rings. The van der Waals surface area contributed by atoms with Crippen LogP contribution in [0.25, 0.3) is 0 Å². The Bertz CT molecular complexity index is 661. The summed E-state index contributed by atoms with van der Waals surface area (Å²) in [5, 5.41) is 18.9. The van der Waals surface area contributed by atoms with E-state index >= 15 is 0 Å². The van der Waals surface area contributed by atoms with Crippen molar-refractivity contribution in [2.24, 2.45) is 0 Å². The van der Waals surface area contributed by atoms with Crippen LogP contribution in [0.4, 0.5) is 0 Å². The number of aliphatic hydroxyl groups is 1. The fourth-order valence-corrected chi connectivity index (χ4v) is 4.12. The normalized spacial score (nSPS) is 18.4. The first-order valence-corrected chi connectivity index (χ1v) is 10.6. The van der Waals surface area contributed by atoms with Crippen molar-refractivity contribution >= 4 is 23.6 Å². The molecule has 6 heteroatoms. The second-order valence-corrected chi connectivity index (χ2v) is 8.17. The average Bonchev–Trinajstić information content (AvgIpc) is 2.96. The molecular formula is C21H29NO4S. The third kappa shape index (κ3) is 7.77. The number of nitrogens with zero attached hydrogens (tertiary/aromatic N) is 1. The third-order valence-electron chi connectivity index (χ3n) is 4.61. The van der Waals surface area contributed by atoms with Gasteiger partial charge >= 0.3 is 5.97 Å². The van der Waals surface area contributed by atoms with Crippen LogP contribution in [0.1, 0.15) is 36.8 Å². The Morgan fingerprint density at radius 1 is 1.41 bits per heavy atom. The van der Waals surface area contributed by atoms with E-state index < -0.39 is 12.1 Å². The van der Waals surface area contributed by atoms with E-state index in [1.807, 2.05) is 36.1 Å². The fraction of sp³-hybridized carbons (Fsp3) is 0.524. The van der Waals surface area contributed by atoms with Crippen molar-refractivity contribution in [3.63, 3.8) is 0 Å². The molecular weight excluding hydrogens is 362 g/mol. The van der Waals surface area contributed by atoms with E-state index in [1.165, 1.54) is 5.56 Å². The number of carbonyl (C=O) groups excluding carboxylic acids is 1. The zero-order valence-corrected chi connectivity index (χ0v) is 16.7. The summed E-state index contributed by atoms with van der Waals surface area (Å²) in [6.45, 7) is 2.70. The molecule has 148 valence electrons. The molecule has 1 amide bonds. The summed E-state index contributed by atoms with van der Waals surface area (Å²) in [7, 11) is 0. The monoisotopic (exact) mass is 391 g/mol. The van der Waals surface area contributed by atoms with E-state index in [-0.39, 0.29) is 18.4 Å². The number of carbonyl (C=O) groups is 2. The highest BCUT2D eigenvalue weighted by Crippen LogP contribution is 2.21. The Balaban J connectivity index is 1.77. The van der Waals surface area contributed by atoms with Gasteiger partial charge in [-0.25, -0.2) is 0 Å². The predicted octanol–water partition coefficient (Wildman–Crippen LogP) is 3.04. The van der Waals surface area contributed by atoms with Crippen LogP contribution in [0, 0.1) is 6.92 Å². The predicted molar refractivity (Wildman–Crippen MR) is 109 cm³/mol. The van der Waals surface area contributed by atoms with E-state index in [4.69, 9.17) is 5.11 Å². The number of thioether (sulfide) groups is 1. The average molecular weight is 392 g/mol. The summed E-state index contributed by atoms with van der Waals surface area (Å²) >= 11 is 1.68. The fourth-order valence-electron chi connectivity index (χ4n) is 3.24. The SMILES string of the molecule is Cc1cccc(C[C@H](O)C=C[C@H]2CCC(=O)N2CCSCCCC(=O)O)c1. The van der Waals surface area contributed by atoms with Crippen molar-refractivity contribution in [3.05, 3.63) is 47.5 Å². The quantitative estimate of drug-likeness (QED) is 0.448. The number of hydrogen-bond donors (Lipinski definition) is 2. The number of carboxylic acids is 1. The van der Waals surface area contributed by atoms with E-state index in [0.29, 0.717) is 25.8 Å². The standard InChI is InChI=1S/C21H29NO4S/c1-16-4-2-5-17(14-16)15-19(23)9-7-18-8-10-20(24)22(18)11-13-27-12-3-6-21(25)26/h2,4-5,7,9,14,18-19,23H,3,6,8,10-13,15H2,1H3,(H,25,26)/t18-,19+/m0/s1. The molecule has 1 heterocycles. The van der Waals surface area contributed by atoms with Gasteiger partial charge in [0.1, 0.15) is 0 Å². The number of likely N-dealkylation sites (tertiary alicyclic amines) is 1. The summed E-state index contributed by atoms with van der Waals surface area (Å²) in [6.07, 6.45) is 5.96. The first-order valence-electron chi connectivity index (χ1n) is 9.46. The molecule has 0 aliphatic carbocycles. The van der Waals surface area contributed by atoms with Crippen LogP contribution in [0.3, 0.4) is 0 Å². The first kappa shape index (κ1) is 21.5. The van der Waals surface area contributed by atoms with Gasteiger partial charge in [0.15, 0.2) is 0 Å². The molecule has 1 aliphatic heterocycles. The summed E-state index contributed by atoms with van der Waals surface area (Å²) in [6, 6.07) is 8.16. The molecule has 1 saturated heterocycles. The Hall–Kier alpha value is -1.79. The number of rotatable bonds is 11. The highest BCUT2D eigenvalue weighted by atomic mass is 32.2. The van der Waals surface area contributed by atoms with Gasteiger partial charge in [0.25, 0.3) is 0 Å². The molecule has 0 aromatic heterocycles. The highest BCUT2D eigenvalue weighted by molar-refractivity contribution is 7.99.